The number of rotatable bonds is 5. The zero-order valence-corrected chi connectivity index (χ0v) is 7.13. The molecule has 3 nitrogen and oxygen atoms in total. The van der Waals surface area contributed by atoms with E-state index in [0.717, 1.165) is 0 Å². The Bertz CT molecular complexity index is 128. The van der Waals surface area contributed by atoms with Crippen LogP contribution in [0, 0.1) is 10.3 Å². The van der Waals surface area contributed by atoms with Crippen molar-refractivity contribution in [2.75, 3.05) is 20.4 Å². The molecule has 0 aromatic rings. The lowest BCUT2D eigenvalue weighted by Crippen LogP contribution is -2.33. The molecule has 0 heterocycles. The van der Waals surface area contributed by atoms with E-state index < -0.39 is 18.1 Å². The number of alkyl halides is 1. The van der Waals surface area contributed by atoms with Crippen LogP contribution in [-0.2, 0) is 4.74 Å². The van der Waals surface area contributed by atoms with Gasteiger partial charge < -0.3 is 4.74 Å². The fourth-order valence-corrected chi connectivity index (χ4v) is 0.848. The van der Waals surface area contributed by atoms with Gasteiger partial charge in [0.05, 0.1) is 6.61 Å². The Balaban J connectivity index is 4.11. The first-order valence-corrected chi connectivity index (χ1v) is 3.46. The number of halogens is 1. The third-order valence-corrected chi connectivity index (χ3v) is 1.69. The largest absolute Gasteiger partial charge is 0.384 e. The van der Waals surface area contributed by atoms with Gasteiger partial charge in [-0.05, 0) is 0 Å². The summed E-state index contributed by atoms with van der Waals surface area (Å²) in [6.45, 7) is 3.12. The molecule has 1 atom stereocenters. The maximum atomic E-state index is 12.1. The van der Waals surface area contributed by atoms with Gasteiger partial charge >= 0.3 is 0 Å². The molecule has 0 aliphatic carbocycles. The molecule has 0 bridgehead atoms. The quantitative estimate of drug-likeness (QED) is 0.579. The zero-order valence-electron chi connectivity index (χ0n) is 7.13. The van der Waals surface area contributed by atoms with Crippen LogP contribution in [0.15, 0.2) is 5.18 Å². The Labute approximate surface area is 65.9 Å². The number of hydrogen-bond donors (Lipinski definition) is 0. The highest BCUT2D eigenvalue weighted by Crippen LogP contribution is 2.23. The highest BCUT2D eigenvalue weighted by Gasteiger charge is 2.30. The molecule has 0 aromatic heterocycles. The predicted molar refractivity (Wildman–Crippen MR) is 41.2 cm³/mol. The summed E-state index contributed by atoms with van der Waals surface area (Å²) < 4.78 is 17.0. The lowest BCUT2D eigenvalue weighted by molar-refractivity contribution is 0.0783. The highest BCUT2D eigenvalue weighted by atomic mass is 19.1. The van der Waals surface area contributed by atoms with Gasteiger partial charge in [-0.1, -0.05) is 19.0 Å². The molecule has 11 heavy (non-hydrogen) atoms. The second-order valence-corrected chi connectivity index (χ2v) is 3.20. The second-order valence-electron chi connectivity index (χ2n) is 3.20. The van der Waals surface area contributed by atoms with Crippen molar-refractivity contribution in [3.05, 3.63) is 4.91 Å². The molecule has 0 radical (unpaired) electrons. The highest BCUT2D eigenvalue weighted by molar-refractivity contribution is 4.83. The van der Waals surface area contributed by atoms with Crippen LogP contribution < -0.4 is 0 Å². The van der Waals surface area contributed by atoms with E-state index in [4.69, 9.17) is 4.74 Å². The molecular formula is C7H14FNO2. The van der Waals surface area contributed by atoms with Gasteiger partial charge in [0.25, 0.3) is 0 Å². The molecule has 0 aromatic carbocycles. The Hall–Kier alpha value is -0.510. The van der Waals surface area contributed by atoms with Crippen molar-refractivity contribution < 1.29 is 9.13 Å². The van der Waals surface area contributed by atoms with Gasteiger partial charge in [0.15, 0.2) is 0 Å². The van der Waals surface area contributed by atoms with Crippen LogP contribution in [0.1, 0.15) is 13.8 Å². The first-order chi connectivity index (χ1) is 5.08. The van der Waals surface area contributed by atoms with Gasteiger partial charge in [-0.2, -0.15) is 4.91 Å². The molecular weight excluding hydrogens is 149 g/mol. The van der Waals surface area contributed by atoms with Crippen LogP contribution in [0.5, 0.6) is 0 Å². The molecule has 0 saturated carbocycles. The lowest BCUT2D eigenvalue weighted by atomic mass is 9.86. The van der Waals surface area contributed by atoms with Crippen molar-refractivity contribution in [2.24, 2.45) is 10.6 Å². The molecule has 0 rings (SSSR count). The summed E-state index contributed by atoms with van der Waals surface area (Å²) in [5, 5.41) is 2.69. The first-order valence-electron chi connectivity index (χ1n) is 3.46. The molecule has 0 spiro atoms. The summed E-state index contributed by atoms with van der Waals surface area (Å²) in [5.41, 5.74) is -0.509. The molecule has 0 saturated heterocycles. The van der Waals surface area contributed by atoms with Crippen molar-refractivity contribution in [3.63, 3.8) is 0 Å². The van der Waals surface area contributed by atoms with Gasteiger partial charge in [0.1, 0.15) is 12.7 Å². The van der Waals surface area contributed by atoms with Gasteiger partial charge in [0.2, 0.25) is 0 Å². The molecule has 1 unspecified atom stereocenters. The van der Waals surface area contributed by atoms with E-state index in [1.54, 1.807) is 13.8 Å². The Morgan fingerprint density at radius 2 is 2.18 bits per heavy atom. The van der Waals surface area contributed by atoms with Crippen LogP contribution >= 0.6 is 0 Å². The van der Waals surface area contributed by atoms with E-state index in [1.807, 2.05) is 0 Å². The summed E-state index contributed by atoms with van der Waals surface area (Å²) in [6.07, 6.45) is 0. The normalized spacial score (nSPS) is 14.5. The third kappa shape index (κ3) is 2.93. The van der Waals surface area contributed by atoms with Gasteiger partial charge in [-0.15, -0.1) is 0 Å². The molecule has 0 aliphatic rings. The average Bonchev–Trinajstić information content (AvgIpc) is 1.89. The average molecular weight is 163 g/mol. The third-order valence-electron chi connectivity index (χ3n) is 1.69. The topological polar surface area (TPSA) is 38.7 Å². The molecule has 0 amide bonds. The zero-order chi connectivity index (χ0) is 8.91. The minimum Gasteiger partial charge on any atom is -0.384 e. The lowest BCUT2D eigenvalue weighted by Gasteiger charge is -2.26. The van der Waals surface area contributed by atoms with E-state index in [2.05, 4.69) is 5.18 Å². The molecule has 66 valence electrons. The number of nitrogens with zero attached hydrogens (tertiary/aromatic N) is 1. The van der Waals surface area contributed by atoms with Crippen LogP contribution in [-0.4, -0.2) is 26.4 Å². The summed E-state index contributed by atoms with van der Waals surface area (Å²) >= 11 is 0. The summed E-state index contributed by atoms with van der Waals surface area (Å²) in [7, 11) is 1.52. The van der Waals surface area contributed by atoms with Crippen molar-refractivity contribution >= 4 is 0 Å². The minimum absolute atomic E-state index is 0.341. The van der Waals surface area contributed by atoms with E-state index in [-0.39, 0.29) is 0 Å². The second kappa shape index (κ2) is 4.38. The standard InChI is InChI=1S/C7H14FNO2/c1-7(2,5-11-3)6(4-8)9-10/h6H,4-5H2,1-3H3. The molecule has 4 heteroatoms. The number of nitroso groups, excluding NO2 is 1. The van der Waals surface area contributed by atoms with E-state index >= 15 is 0 Å². The molecule has 0 fully saturated rings. The predicted octanol–water partition coefficient (Wildman–Crippen LogP) is 1.76. The van der Waals surface area contributed by atoms with Crippen molar-refractivity contribution in [2.45, 2.75) is 19.9 Å². The smallest absolute Gasteiger partial charge is 0.127 e. The summed E-state index contributed by atoms with van der Waals surface area (Å²) in [4.78, 5) is 10.1. The maximum absolute atomic E-state index is 12.1. The van der Waals surface area contributed by atoms with E-state index in [9.17, 15) is 9.30 Å². The maximum Gasteiger partial charge on any atom is 0.127 e. The molecule has 0 N–H and O–H groups in total. The van der Waals surface area contributed by atoms with E-state index in [0.29, 0.717) is 6.61 Å². The van der Waals surface area contributed by atoms with Crippen molar-refractivity contribution in [1.29, 1.82) is 0 Å². The fourth-order valence-electron chi connectivity index (χ4n) is 0.848. The first kappa shape index (κ1) is 10.5. The summed E-state index contributed by atoms with van der Waals surface area (Å²) in [6, 6.07) is -0.803. The minimum atomic E-state index is -0.803. The Kier molecular flexibility index (Phi) is 4.18. The fraction of sp³-hybridized carbons (Fsp3) is 1.00. The van der Waals surface area contributed by atoms with Crippen LogP contribution in [0.25, 0.3) is 0 Å². The number of methoxy groups -OCH3 is 1. The monoisotopic (exact) mass is 163 g/mol. The van der Waals surface area contributed by atoms with Crippen molar-refractivity contribution in [3.8, 4) is 0 Å². The number of hydrogen-bond acceptors (Lipinski definition) is 3. The van der Waals surface area contributed by atoms with Gasteiger partial charge in [-0.25, -0.2) is 4.39 Å². The Morgan fingerprint density at radius 1 is 1.64 bits per heavy atom. The van der Waals surface area contributed by atoms with Crippen LogP contribution in [0.2, 0.25) is 0 Å². The van der Waals surface area contributed by atoms with E-state index in [1.165, 1.54) is 7.11 Å². The van der Waals surface area contributed by atoms with Gasteiger partial charge in [-0.3, -0.25) is 0 Å². The number of ether oxygens (including phenoxy) is 1. The Morgan fingerprint density at radius 3 is 2.45 bits per heavy atom. The summed E-state index contributed by atoms with van der Waals surface area (Å²) in [5.74, 6) is 0. The van der Waals surface area contributed by atoms with Crippen LogP contribution in [0.4, 0.5) is 4.39 Å². The molecule has 0 aliphatic heterocycles. The van der Waals surface area contributed by atoms with Crippen molar-refractivity contribution in [1.82, 2.24) is 0 Å². The SMILES string of the molecule is COCC(C)(C)C(CF)N=O. The van der Waals surface area contributed by atoms with Crippen LogP contribution in [0.3, 0.4) is 0 Å². The van der Waals surface area contributed by atoms with Gasteiger partial charge in [0, 0.05) is 12.5 Å².